The van der Waals surface area contributed by atoms with Gasteiger partial charge in [0.1, 0.15) is 29.7 Å². The molecule has 2 aromatic heterocycles. The molecule has 2 aromatic carbocycles. The minimum Gasteiger partial charge on any atom is -0.491 e. The fourth-order valence-electron chi connectivity index (χ4n) is 3.20. The number of amides is 1. The number of hydrogen-bond donors (Lipinski definition) is 5. The Morgan fingerprint density at radius 3 is 1.71 bits per heavy atom. The summed E-state index contributed by atoms with van der Waals surface area (Å²) in [5.74, 6) is -3.52. The number of nitrogen functional groups attached to an aromatic ring is 2. The Hall–Kier alpha value is -5.85. The SMILES string of the molecule is Nc1ccc2cc(OC=CC(=O)NCCOCCOc3ccc4nc(N)ccc4c3)ccc2n1.O=C(O)C(F)(F)F.O=C(O)C(F)(F)F. The molecular weight excluding hydrogens is 660 g/mol. The van der Waals surface area contributed by atoms with Crippen molar-refractivity contribution in [3.8, 4) is 11.5 Å². The highest BCUT2D eigenvalue weighted by atomic mass is 19.4. The van der Waals surface area contributed by atoms with E-state index in [1.807, 2.05) is 42.5 Å². The summed E-state index contributed by atoms with van der Waals surface area (Å²) in [7, 11) is 0. The molecule has 4 aromatic rings. The molecular formula is C29H27F6N5O8. The first kappa shape index (κ1) is 38.3. The molecule has 258 valence electrons. The van der Waals surface area contributed by atoms with Gasteiger partial charge in [0, 0.05) is 23.4 Å². The van der Waals surface area contributed by atoms with Crippen molar-refractivity contribution >= 4 is 51.3 Å². The van der Waals surface area contributed by atoms with Crippen molar-refractivity contribution in [3.63, 3.8) is 0 Å². The molecule has 4 rings (SSSR count). The van der Waals surface area contributed by atoms with Crippen LogP contribution in [0.2, 0.25) is 0 Å². The average molecular weight is 688 g/mol. The minimum absolute atomic E-state index is 0.277. The topological polar surface area (TPSA) is 209 Å². The fourth-order valence-corrected chi connectivity index (χ4v) is 3.20. The maximum Gasteiger partial charge on any atom is 0.490 e. The van der Waals surface area contributed by atoms with Gasteiger partial charge in [0.25, 0.3) is 0 Å². The van der Waals surface area contributed by atoms with Gasteiger partial charge in [0.05, 0.1) is 30.5 Å². The minimum atomic E-state index is -5.08. The van der Waals surface area contributed by atoms with Gasteiger partial charge in [0.15, 0.2) is 0 Å². The second-order valence-electron chi connectivity index (χ2n) is 8.96. The highest BCUT2D eigenvalue weighted by Gasteiger charge is 2.38. The number of benzene rings is 2. The lowest BCUT2D eigenvalue weighted by Gasteiger charge is -2.08. The van der Waals surface area contributed by atoms with Gasteiger partial charge in [-0.1, -0.05) is 0 Å². The van der Waals surface area contributed by atoms with Gasteiger partial charge in [-0.2, -0.15) is 26.3 Å². The lowest BCUT2D eigenvalue weighted by atomic mass is 10.2. The lowest BCUT2D eigenvalue weighted by Crippen LogP contribution is -2.26. The van der Waals surface area contributed by atoms with E-state index in [2.05, 4.69) is 15.3 Å². The van der Waals surface area contributed by atoms with Crippen molar-refractivity contribution < 1.29 is 65.1 Å². The Labute approximate surface area is 266 Å². The van der Waals surface area contributed by atoms with Crippen LogP contribution >= 0.6 is 0 Å². The molecule has 13 nitrogen and oxygen atoms in total. The molecule has 0 bridgehead atoms. The zero-order chi connectivity index (χ0) is 35.9. The molecule has 0 radical (unpaired) electrons. The second kappa shape index (κ2) is 17.7. The second-order valence-corrected chi connectivity index (χ2v) is 8.96. The molecule has 2 heterocycles. The Balaban J connectivity index is 0.000000479. The summed E-state index contributed by atoms with van der Waals surface area (Å²) in [6.07, 6.45) is -7.51. The monoisotopic (exact) mass is 687 g/mol. The standard InChI is InChI=1S/C25H25N5O4.2C2HF3O2/c26-23-7-1-17-15-19(3-5-21(17)29-23)33-11-9-25(31)28-10-12-32-13-14-34-20-4-6-22-18(16-20)2-8-24(27)30-22;2*3-2(4,5)1(6)7/h1-9,11,15-16H,10,12-14H2,(H2,26,29)(H2,27,30)(H,28,31);2*(H,6,7). The van der Waals surface area contributed by atoms with E-state index in [-0.39, 0.29) is 5.91 Å². The number of alkyl halides is 6. The van der Waals surface area contributed by atoms with E-state index < -0.39 is 24.3 Å². The number of nitrogens with one attached hydrogen (secondary N) is 1. The number of carbonyl (C=O) groups is 3. The van der Waals surface area contributed by atoms with Crippen LogP contribution in [-0.2, 0) is 19.1 Å². The van der Waals surface area contributed by atoms with Crippen molar-refractivity contribution in [2.24, 2.45) is 0 Å². The molecule has 0 aliphatic carbocycles. The van der Waals surface area contributed by atoms with E-state index in [1.54, 1.807) is 18.2 Å². The smallest absolute Gasteiger partial charge is 0.490 e. The number of carbonyl (C=O) groups excluding carboxylic acids is 1. The number of carboxylic acids is 2. The molecule has 7 N–H and O–H groups in total. The number of carboxylic acid groups (broad SMARTS) is 2. The zero-order valence-electron chi connectivity index (χ0n) is 24.4. The van der Waals surface area contributed by atoms with Gasteiger partial charge in [-0.15, -0.1) is 0 Å². The number of anilines is 2. The van der Waals surface area contributed by atoms with Crippen LogP contribution in [0.5, 0.6) is 11.5 Å². The quantitative estimate of drug-likeness (QED) is 0.0684. The average Bonchev–Trinajstić information content (AvgIpc) is 3.00. The maximum absolute atomic E-state index is 11.9. The molecule has 0 unspecified atom stereocenters. The van der Waals surface area contributed by atoms with Crippen LogP contribution in [0.25, 0.3) is 21.8 Å². The lowest BCUT2D eigenvalue weighted by molar-refractivity contribution is -0.193. The van der Waals surface area contributed by atoms with E-state index in [0.717, 1.165) is 27.6 Å². The first-order chi connectivity index (χ1) is 22.5. The Morgan fingerprint density at radius 2 is 1.21 bits per heavy atom. The van der Waals surface area contributed by atoms with Crippen molar-refractivity contribution in [2.45, 2.75) is 12.4 Å². The van der Waals surface area contributed by atoms with E-state index in [9.17, 15) is 31.1 Å². The predicted octanol–water partition coefficient (Wildman–Crippen LogP) is 4.32. The molecule has 48 heavy (non-hydrogen) atoms. The number of hydrogen-bond acceptors (Lipinski definition) is 10. The van der Waals surface area contributed by atoms with Crippen molar-refractivity contribution in [1.82, 2.24) is 15.3 Å². The zero-order valence-corrected chi connectivity index (χ0v) is 24.4. The molecule has 0 atom stereocenters. The molecule has 0 aliphatic rings. The number of ether oxygens (including phenoxy) is 3. The normalized spacial score (nSPS) is 11.2. The van der Waals surface area contributed by atoms with Gasteiger partial charge < -0.3 is 41.2 Å². The van der Waals surface area contributed by atoms with Gasteiger partial charge >= 0.3 is 24.3 Å². The number of fused-ring (bicyclic) bond motifs is 2. The van der Waals surface area contributed by atoms with Crippen LogP contribution < -0.4 is 26.3 Å². The third-order valence-electron chi connectivity index (χ3n) is 5.31. The number of aliphatic carboxylic acids is 2. The number of nitrogens with two attached hydrogens (primary N) is 2. The Morgan fingerprint density at radius 1 is 0.729 bits per heavy atom. The van der Waals surface area contributed by atoms with Crippen LogP contribution in [0.4, 0.5) is 38.0 Å². The van der Waals surface area contributed by atoms with E-state index in [4.69, 9.17) is 45.5 Å². The molecule has 0 aliphatic heterocycles. The van der Waals surface area contributed by atoms with Crippen LogP contribution in [0.3, 0.4) is 0 Å². The van der Waals surface area contributed by atoms with Crippen LogP contribution in [0, 0.1) is 0 Å². The molecule has 0 saturated carbocycles. The van der Waals surface area contributed by atoms with Gasteiger partial charge in [0.2, 0.25) is 5.91 Å². The molecule has 0 spiro atoms. The number of halogens is 6. The molecule has 0 saturated heterocycles. The summed E-state index contributed by atoms with van der Waals surface area (Å²) in [5.41, 5.74) is 13.0. The summed E-state index contributed by atoms with van der Waals surface area (Å²) in [6, 6.07) is 18.2. The summed E-state index contributed by atoms with van der Waals surface area (Å²) >= 11 is 0. The highest BCUT2D eigenvalue weighted by Crippen LogP contribution is 2.21. The Kier molecular flexibility index (Phi) is 14.2. The summed E-state index contributed by atoms with van der Waals surface area (Å²) < 4.78 is 80.1. The highest BCUT2D eigenvalue weighted by molar-refractivity contribution is 5.87. The maximum atomic E-state index is 11.9. The first-order valence-corrected chi connectivity index (χ1v) is 13.2. The van der Waals surface area contributed by atoms with Crippen molar-refractivity contribution in [1.29, 1.82) is 0 Å². The first-order valence-electron chi connectivity index (χ1n) is 13.2. The van der Waals surface area contributed by atoms with E-state index in [0.29, 0.717) is 43.8 Å². The van der Waals surface area contributed by atoms with Crippen molar-refractivity contribution in [2.75, 3.05) is 37.8 Å². The van der Waals surface area contributed by atoms with Crippen LogP contribution in [-0.4, -0.2) is 76.7 Å². The van der Waals surface area contributed by atoms with Crippen molar-refractivity contribution in [3.05, 3.63) is 73.0 Å². The van der Waals surface area contributed by atoms with Crippen LogP contribution in [0.15, 0.2) is 73.0 Å². The third-order valence-corrected chi connectivity index (χ3v) is 5.31. The molecule has 19 heteroatoms. The van der Waals surface area contributed by atoms with Gasteiger partial charge in [-0.05, 0) is 60.7 Å². The number of pyridine rings is 2. The van der Waals surface area contributed by atoms with E-state index >= 15 is 0 Å². The number of nitrogens with zero attached hydrogens (tertiary/aromatic N) is 2. The largest absolute Gasteiger partial charge is 0.491 e. The number of aromatic nitrogens is 2. The van der Waals surface area contributed by atoms with Crippen LogP contribution in [0.1, 0.15) is 0 Å². The summed E-state index contributed by atoms with van der Waals surface area (Å²) in [6.45, 7) is 1.53. The van der Waals surface area contributed by atoms with Gasteiger partial charge in [-0.3, -0.25) is 4.79 Å². The van der Waals surface area contributed by atoms with Gasteiger partial charge in [-0.25, -0.2) is 19.6 Å². The summed E-state index contributed by atoms with van der Waals surface area (Å²) in [4.78, 5) is 38.2. The molecule has 1 amide bonds. The Bertz CT molecular complexity index is 1710. The predicted molar refractivity (Wildman–Crippen MR) is 159 cm³/mol. The third kappa shape index (κ3) is 14.1. The number of rotatable bonds is 10. The summed E-state index contributed by atoms with van der Waals surface area (Å²) in [5, 5.41) is 18.8. The molecule has 0 fully saturated rings. The van der Waals surface area contributed by atoms with E-state index in [1.165, 1.54) is 12.3 Å². The fraction of sp³-hybridized carbons (Fsp3) is 0.207.